The van der Waals surface area contributed by atoms with Gasteiger partial charge in [-0.1, -0.05) is 19.1 Å². The summed E-state index contributed by atoms with van der Waals surface area (Å²) in [4.78, 5) is 34.6. The number of nitro groups is 1. The molecule has 0 aliphatic rings. The monoisotopic (exact) mass is 303 g/mol. The molecule has 0 aliphatic heterocycles. The van der Waals surface area contributed by atoms with Gasteiger partial charge in [0, 0.05) is 23.2 Å². The van der Waals surface area contributed by atoms with Crippen molar-refractivity contribution in [1.29, 1.82) is 5.26 Å². The van der Waals surface area contributed by atoms with Crippen molar-refractivity contribution < 1.29 is 14.5 Å². The van der Waals surface area contributed by atoms with Gasteiger partial charge in [-0.3, -0.25) is 19.7 Å². The number of rotatable bonds is 6. The van der Waals surface area contributed by atoms with Crippen molar-refractivity contribution >= 4 is 17.4 Å². The van der Waals surface area contributed by atoms with Crippen LogP contribution in [0.3, 0.4) is 0 Å². The van der Waals surface area contributed by atoms with Crippen molar-refractivity contribution in [3.63, 3.8) is 0 Å². The molecule has 0 radical (unpaired) electrons. The molecule has 22 heavy (non-hydrogen) atoms. The van der Waals surface area contributed by atoms with Gasteiger partial charge < -0.3 is 5.32 Å². The van der Waals surface area contributed by atoms with Crippen LogP contribution in [0.4, 0.5) is 5.69 Å². The van der Waals surface area contributed by atoms with Gasteiger partial charge in [0.25, 0.3) is 5.69 Å². The van der Waals surface area contributed by atoms with Gasteiger partial charge in [-0.05, 0) is 20.3 Å². The highest BCUT2D eigenvalue weighted by atomic mass is 16.6. The number of hydrogen-bond acceptors (Lipinski definition) is 5. The molecule has 1 rings (SSSR count). The van der Waals surface area contributed by atoms with E-state index in [2.05, 4.69) is 5.32 Å². The summed E-state index contributed by atoms with van der Waals surface area (Å²) >= 11 is 0. The predicted octanol–water partition coefficient (Wildman–Crippen LogP) is 2.00. The largest absolute Gasteiger partial charge is 0.352 e. The molecule has 0 fully saturated rings. The van der Waals surface area contributed by atoms with E-state index in [0.717, 1.165) is 6.07 Å². The summed E-state index contributed by atoms with van der Waals surface area (Å²) in [5, 5.41) is 22.6. The molecule has 0 saturated heterocycles. The summed E-state index contributed by atoms with van der Waals surface area (Å²) in [5.41, 5.74) is 0.283. The van der Waals surface area contributed by atoms with Crippen LogP contribution in [-0.2, 0) is 11.2 Å². The van der Waals surface area contributed by atoms with Crippen LogP contribution in [0.15, 0.2) is 18.2 Å². The topological polar surface area (TPSA) is 113 Å². The highest BCUT2D eigenvalue weighted by Gasteiger charge is 2.29. The molecule has 1 amide bonds. The first-order chi connectivity index (χ1) is 10.3. The van der Waals surface area contributed by atoms with Gasteiger partial charge in [-0.25, -0.2) is 0 Å². The molecule has 7 nitrogen and oxygen atoms in total. The highest BCUT2D eigenvalue weighted by Crippen LogP contribution is 2.22. The minimum atomic E-state index is -1.52. The van der Waals surface area contributed by atoms with E-state index in [-0.39, 0.29) is 17.3 Å². The Hall–Kier alpha value is -2.75. The molecular formula is C15H17N3O4. The Balaban J connectivity index is 3.16. The van der Waals surface area contributed by atoms with Crippen LogP contribution < -0.4 is 5.32 Å². The number of aryl methyl sites for hydroxylation is 1. The standard InChI is InChI=1S/C15H17N3O4/c1-4-10-5-6-11(7-13(10)18(21)22)14(19)12(8-16)15(20)17-9(2)3/h5-7,9,12H,4H2,1-3H3,(H,17,20)/t12-/m1/s1. The number of benzene rings is 1. The van der Waals surface area contributed by atoms with Crippen molar-refractivity contribution in [2.45, 2.75) is 33.2 Å². The molecule has 0 aliphatic carbocycles. The van der Waals surface area contributed by atoms with Gasteiger partial charge in [-0.2, -0.15) is 5.26 Å². The molecule has 1 atom stereocenters. The molecule has 1 aromatic carbocycles. The first kappa shape index (κ1) is 17.3. The van der Waals surface area contributed by atoms with Gasteiger partial charge in [0.15, 0.2) is 11.7 Å². The average Bonchev–Trinajstić information content (AvgIpc) is 2.46. The van der Waals surface area contributed by atoms with Crippen LogP contribution in [0.25, 0.3) is 0 Å². The first-order valence-corrected chi connectivity index (χ1v) is 6.83. The van der Waals surface area contributed by atoms with Gasteiger partial charge in [0.05, 0.1) is 11.0 Å². The zero-order valence-corrected chi connectivity index (χ0v) is 12.6. The zero-order valence-electron chi connectivity index (χ0n) is 12.6. The fraction of sp³-hybridized carbons (Fsp3) is 0.400. The molecule has 0 aromatic heterocycles. The number of carbonyl (C=O) groups excluding carboxylic acids is 2. The van der Waals surface area contributed by atoms with Crippen LogP contribution in [0.2, 0.25) is 0 Å². The Morgan fingerprint density at radius 3 is 2.50 bits per heavy atom. The Bertz CT molecular complexity index is 647. The molecule has 1 aromatic rings. The second-order valence-corrected chi connectivity index (χ2v) is 5.04. The Morgan fingerprint density at radius 2 is 2.05 bits per heavy atom. The summed E-state index contributed by atoms with van der Waals surface area (Å²) < 4.78 is 0. The van der Waals surface area contributed by atoms with Gasteiger partial charge in [-0.15, -0.1) is 0 Å². The van der Waals surface area contributed by atoms with Gasteiger partial charge in [0.2, 0.25) is 5.91 Å². The van der Waals surface area contributed by atoms with E-state index in [1.807, 2.05) is 0 Å². The lowest BCUT2D eigenvalue weighted by Crippen LogP contribution is -2.38. The summed E-state index contributed by atoms with van der Waals surface area (Å²) in [6.45, 7) is 5.17. The van der Waals surface area contributed by atoms with E-state index in [9.17, 15) is 19.7 Å². The molecule has 0 spiro atoms. The second-order valence-electron chi connectivity index (χ2n) is 5.04. The third-order valence-electron chi connectivity index (χ3n) is 3.03. The minimum absolute atomic E-state index is 0.0191. The Kier molecular flexibility index (Phi) is 5.75. The maximum atomic E-state index is 12.3. The third-order valence-corrected chi connectivity index (χ3v) is 3.03. The van der Waals surface area contributed by atoms with E-state index in [1.54, 1.807) is 26.8 Å². The fourth-order valence-corrected chi connectivity index (χ4v) is 1.96. The molecule has 0 saturated carbocycles. The lowest BCUT2D eigenvalue weighted by Gasteiger charge is -2.12. The number of carbonyl (C=O) groups is 2. The molecule has 116 valence electrons. The van der Waals surface area contributed by atoms with Crippen LogP contribution in [0.5, 0.6) is 0 Å². The molecule has 0 bridgehead atoms. The quantitative estimate of drug-likeness (QED) is 0.374. The summed E-state index contributed by atoms with van der Waals surface area (Å²) in [6.07, 6.45) is 0.445. The van der Waals surface area contributed by atoms with Crippen LogP contribution in [0.1, 0.15) is 36.7 Å². The number of hydrogen-bond donors (Lipinski definition) is 1. The summed E-state index contributed by atoms with van der Waals surface area (Å²) in [5.74, 6) is -2.97. The molecule has 7 heteroatoms. The number of nitrogens with zero attached hydrogens (tertiary/aromatic N) is 2. The maximum absolute atomic E-state index is 12.3. The van der Waals surface area contributed by atoms with Crippen LogP contribution in [-0.4, -0.2) is 22.7 Å². The maximum Gasteiger partial charge on any atom is 0.273 e. The molecule has 0 heterocycles. The number of amides is 1. The first-order valence-electron chi connectivity index (χ1n) is 6.83. The van der Waals surface area contributed by atoms with Gasteiger partial charge >= 0.3 is 0 Å². The van der Waals surface area contributed by atoms with E-state index >= 15 is 0 Å². The lowest BCUT2D eigenvalue weighted by molar-refractivity contribution is -0.385. The summed E-state index contributed by atoms with van der Waals surface area (Å²) in [7, 11) is 0. The Labute approximate surface area is 128 Å². The van der Waals surface area contributed by atoms with Crippen molar-refractivity contribution in [3.8, 4) is 6.07 Å². The molecule has 0 unspecified atom stereocenters. The molecular weight excluding hydrogens is 286 g/mol. The average molecular weight is 303 g/mol. The van der Waals surface area contributed by atoms with E-state index in [4.69, 9.17) is 5.26 Å². The van der Waals surface area contributed by atoms with E-state index in [1.165, 1.54) is 12.1 Å². The smallest absolute Gasteiger partial charge is 0.273 e. The number of nitro benzene ring substituents is 1. The van der Waals surface area contributed by atoms with Crippen molar-refractivity contribution in [2.75, 3.05) is 0 Å². The van der Waals surface area contributed by atoms with Gasteiger partial charge in [0.1, 0.15) is 0 Å². The number of nitriles is 1. The van der Waals surface area contributed by atoms with Crippen molar-refractivity contribution in [1.82, 2.24) is 5.32 Å². The third kappa shape index (κ3) is 3.88. The van der Waals surface area contributed by atoms with Crippen LogP contribution >= 0.6 is 0 Å². The molecule has 1 N–H and O–H groups in total. The zero-order chi connectivity index (χ0) is 16.9. The van der Waals surface area contributed by atoms with Crippen molar-refractivity contribution in [2.24, 2.45) is 5.92 Å². The van der Waals surface area contributed by atoms with E-state index < -0.39 is 22.5 Å². The fourth-order valence-electron chi connectivity index (χ4n) is 1.96. The predicted molar refractivity (Wildman–Crippen MR) is 79.2 cm³/mol. The number of ketones is 1. The highest BCUT2D eigenvalue weighted by molar-refractivity contribution is 6.12. The van der Waals surface area contributed by atoms with Crippen molar-refractivity contribution in [3.05, 3.63) is 39.4 Å². The second kappa shape index (κ2) is 7.31. The van der Waals surface area contributed by atoms with E-state index in [0.29, 0.717) is 12.0 Å². The minimum Gasteiger partial charge on any atom is -0.352 e. The SMILES string of the molecule is CCc1ccc(C(=O)[C@@H](C#N)C(=O)NC(C)C)cc1[N+](=O)[O-]. The van der Waals surface area contributed by atoms with Crippen LogP contribution in [0, 0.1) is 27.4 Å². The lowest BCUT2D eigenvalue weighted by atomic mass is 9.95. The summed E-state index contributed by atoms with van der Waals surface area (Å²) in [6, 6.07) is 5.43. The Morgan fingerprint density at radius 1 is 1.41 bits per heavy atom. The normalized spacial score (nSPS) is 11.6. The number of nitrogens with one attached hydrogen (secondary N) is 1. The number of Topliss-reactive ketones (excluding diaryl/α,β-unsaturated/α-hetero) is 1.